The molecule has 0 aromatic heterocycles. The minimum atomic E-state index is -2.57. The largest absolute Gasteiger partial charge is 0.497 e. The summed E-state index contributed by atoms with van der Waals surface area (Å²) in [4.78, 5) is 0. The number of hydrogen-bond donors (Lipinski definition) is 1. The summed E-state index contributed by atoms with van der Waals surface area (Å²) in [6, 6.07) is 4.61. The van der Waals surface area contributed by atoms with E-state index >= 15 is 0 Å². The lowest BCUT2D eigenvalue weighted by Gasteiger charge is -2.06. The van der Waals surface area contributed by atoms with E-state index in [1.54, 1.807) is 0 Å². The van der Waals surface area contributed by atoms with E-state index in [1.165, 1.54) is 24.3 Å². The van der Waals surface area contributed by atoms with Gasteiger partial charge in [0.05, 0.1) is 11.2 Å². The zero-order chi connectivity index (χ0) is 13.3. The summed E-state index contributed by atoms with van der Waals surface area (Å²) in [7, 11) is -2.57. The van der Waals surface area contributed by atoms with Crippen molar-refractivity contribution in [2.75, 3.05) is 7.04 Å². The first-order chi connectivity index (χ1) is 7.59. The Morgan fingerprint density at radius 2 is 2.42 bits per heavy atom. The Morgan fingerprint density at radius 1 is 1.58 bits per heavy atom. The molecule has 1 atom stereocenters. The Balaban J connectivity index is 0.00000289. The van der Waals surface area contributed by atoms with Crippen molar-refractivity contribution in [1.29, 1.82) is 0 Å². The predicted octanol–water partition coefficient (Wildman–Crippen LogP) is 2.14. The molecule has 3 heteroatoms. The lowest BCUT2D eigenvalue weighted by atomic mass is 10.1. The Hall–Kier alpha value is -0.730. The second kappa shape index (κ2) is 5.01. The van der Waals surface area contributed by atoms with Crippen LogP contribution < -0.4 is 10.5 Å². The third-order valence-corrected chi connectivity index (χ3v) is 1.34. The zero-order valence-electron chi connectivity index (χ0n) is 12.3. The van der Waals surface area contributed by atoms with Gasteiger partial charge in [-0.2, -0.15) is 0 Å². The highest BCUT2D eigenvalue weighted by molar-refractivity contribution is 5.85. The summed E-state index contributed by atoms with van der Waals surface area (Å²) in [5, 5.41) is 0. The van der Waals surface area contributed by atoms with Crippen molar-refractivity contribution in [1.82, 2.24) is 0 Å². The van der Waals surface area contributed by atoms with Gasteiger partial charge >= 0.3 is 0 Å². The van der Waals surface area contributed by atoms with E-state index in [0.717, 1.165) is 0 Å². The molecule has 1 aromatic carbocycles. The van der Waals surface area contributed by atoms with Gasteiger partial charge in [-0.1, -0.05) is 12.1 Å². The van der Waals surface area contributed by atoms with E-state index in [0.29, 0.717) is 5.56 Å². The summed E-state index contributed by atoms with van der Waals surface area (Å²) < 4.78 is 47.0. The fraction of sp³-hybridized carbons (Fsp3) is 0.333. The molecule has 1 aromatic rings. The molecule has 1 rings (SSSR count). The molecule has 0 spiro atoms. The first-order valence-electron chi connectivity index (χ1n) is 6.14. The van der Waals surface area contributed by atoms with Crippen LogP contribution in [-0.4, -0.2) is 7.04 Å². The van der Waals surface area contributed by atoms with E-state index in [4.69, 9.17) is 14.0 Å². The third kappa shape index (κ3) is 2.72. The number of halogens is 1. The third-order valence-electron chi connectivity index (χ3n) is 1.34. The van der Waals surface area contributed by atoms with Crippen molar-refractivity contribution in [3.63, 3.8) is 0 Å². The predicted molar refractivity (Wildman–Crippen MR) is 52.8 cm³/mol. The standard InChI is InChI=1S/C9H13NO.ClH/c1-7(10)8-4-3-5-9(6-8)11-2;/h3-7H,10H2,1-2H3;1H/t7-;/m1./s1/i1D3,2D3;. The van der Waals surface area contributed by atoms with Crippen LogP contribution in [0.2, 0.25) is 0 Å². The number of benzene rings is 1. The molecule has 0 heterocycles. The van der Waals surface area contributed by atoms with Gasteiger partial charge < -0.3 is 10.5 Å². The van der Waals surface area contributed by atoms with Gasteiger partial charge in [0.15, 0.2) is 0 Å². The van der Waals surface area contributed by atoms with Crippen LogP contribution in [0.15, 0.2) is 24.3 Å². The molecule has 0 unspecified atom stereocenters. The van der Waals surface area contributed by atoms with Crippen LogP contribution in [-0.2, 0) is 0 Å². The van der Waals surface area contributed by atoms with E-state index < -0.39 is 19.9 Å². The maximum Gasteiger partial charge on any atom is 0.119 e. The summed E-state index contributed by atoms with van der Waals surface area (Å²) in [5.74, 6) is 0.0715. The molecule has 0 aliphatic carbocycles. The Bertz CT molecular complexity index is 391. The maximum absolute atomic E-state index is 7.18. The molecular formula is C9H14ClNO. The lowest BCUT2D eigenvalue weighted by molar-refractivity contribution is 0.414. The summed E-state index contributed by atoms with van der Waals surface area (Å²) >= 11 is 0. The van der Waals surface area contributed by atoms with Crippen LogP contribution in [0.25, 0.3) is 0 Å². The van der Waals surface area contributed by atoms with E-state index in [1.807, 2.05) is 0 Å². The molecule has 12 heavy (non-hydrogen) atoms. The van der Waals surface area contributed by atoms with Crippen LogP contribution in [0, 0.1) is 0 Å². The van der Waals surface area contributed by atoms with E-state index in [2.05, 4.69) is 4.74 Å². The van der Waals surface area contributed by atoms with Crippen LogP contribution in [0.4, 0.5) is 0 Å². The highest BCUT2D eigenvalue weighted by Gasteiger charge is 1.98. The van der Waals surface area contributed by atoms with Gasteiger partial charge in [0.1, 0.15) is 5.75 Å². The number of ether oxygens (including phenoxy) is 1. The fourth-order valence-corrected chi connectivity index (χ4v) is 0.771. The lowest BCUT2D eigenvalue weighted by Crippen LogP contribution is -2.04. The van der Waals surface area contributed by atoms with Gasteiger partial charge in [0.2, 0.25) is 0 Å². The molecule has 68 valence electrons. The maximum atomic E-state index is 7.18. The molecule has 0 fully saturated rings. The average molecular weight is 194 g/mol. The topological polar surface area (TPSA) is 35.2 Å². The molecule has 0 bridgehead atoms. The summed E-state index contributed by atoms with van der Waals surface area (Å²) in [6.07, 6.45) is 0. The smallest absolute Gasteiger partial charge is 0.119 e. The number of rotatable bonds is 2. The number of methoxy groups -OCH3 is 1. The minimum Gasteiger partial charge on any atom is -0.497 e. The van der Waals surface area contributed by atoms with Gasteiger partial charge in [-0.05, 0) is 24.5 Å². The van der Waals surface area contributed by atoms with Gasteiger partial charge in [0.25, 0.3) is 0 Å². The van der Waals surface area contributed by atoms with Crippen molar-refractivity contribution in [3.05, 3.63) is 29.8 Å². The summed E-state index contributed by atoms with van der Waals surface area (Å²) in [6.45, 7) is -2.33. The summed E-state index contributed by atoms with van der Waals surface area (Å²) in [5.41, 5.74) is 5.86. The molecule has 0 aliphatic heterocycles. The average Bonchev–Trinajstić information content (AvgIpc) is 2.12. The van der Waals surface area contributed by atoms with Crippen molar-refractivity contribution in [2.45, 2.75) is 12.9 Å². The fourth-order valence-electron chi connectivity index (χ4n) is 0.771. The molecule has 0 radical (unpaired) electrons. The van der Waals surface area contributed by atoms with Crippen molar-refractivity contribution in [2.24, 2.45) is 5.73 Å². The molecule has 0 aliphatic rings. The molecule has 2 N–H and O–H groups in total. The molecule has 0 saturated carbocycles. The number of hydrogen-bond acceptors (Lipinski definition) is 2. The quantitative estimate of drug-likeness (QED) is 0.781. The minimum absolute atomic E-state index is 0. The van der Waals surface area contributed by atoms with Crippen LogP contribution in [0.3, 0.4) is 0 Å². The van der Waals surface area contributed by atoms with E-state index in [-0.39, 0.29) is 18.2 Å². The molecule has 0 amide bonds. The monoisotopic (exact) mass is 193 g/mol. The van der Waals surface area contributed by atoms with Crippen molar-refractivity contribution >= 4 is 12.4 Å². The van der Waals surface area contributed by atoms with Crippen LogP contribution in [0.1, 0.15) is 26.7 Å². The van der Waals surface area contributed by atoms with Crippen molar-refractivity contribution < 1.29 is 13.0 Å². The van der Waals surface area contributed by atoms with Gasteiger partial charge in [-0.3, -0.25) is 0 Å². The molecular weight excluding hydrogens is 174 g/mol. The highest BCUT2D eigenvalue weighted by Crippen LogP contribution is 2.16. The van der Waals surface area contributed by atoms with Gasteiger partial charge in [0, 0.05) is 10.2 Å². The Kier molecular flexibility index (Phi) is 1.88. The second-order valence-electron chi connectivity index (χ2n) is 2.15. The normalized spacial score (nSPS) is 21.1. The SMILES string of the molecule is Cl.[2H]C([2H])([2H])Oc1cccc([C@H](N)C([2H])([2H])[2H])c1. The first kappa shape index (κ1) is 4.49. The van der Waals surface area contributed by atoms with Crippen molar-refractivity contribution in [3.8, 4) is 5.75 Å². The Labute approximate surface area is 87.6 Å². The van der Waals surface area contributed by atoms with Gasteiger partial charge in [-0.25, -0.2) is 0 Å². The zero-order valence-corrected chi connectivity index (χ0v) is 7.10. The Morgan fingerprint density at radius 3 is 3.08 bits per heavy atom. The van der Waals surface area contributed by atoms with Crippen LogP contribution >= 0.6 is 12.4 Å². The molecule has 0 saturated heterocycles. The van der Waals surface area contributed by atoms with E-state index in [9.17, 15) is 0 Å². The molecule has 2 nitrogen and oxygen atoms in total. The first-order valence-corrected chi connectivity index (χ1v) is 3.14. The van der Waals surface area contributed by atoms with Crippen LogP contribution in [0.5, 0.6) is 5.75 Å². The highest BCUT2D eigenvalue weighted by atomic mass is 35.5. The second-order valence-corrected chi connectivity index (χ2v) is 2.15. The van der Waals surface area contributed by atoms with Gasteiger partial charge in [-0.15, -0.1) is 12.4 Å². The number of nitrogens with two attached hydrogens (primary N) is 1.